The highest BCUT2D eigenvalue weighted by molar-refractivity contribution is 5.99. The topological polar surface area (TPSA) is 20.3 Å². The Morgan fingerprint density at radius 3 is 2.43 bits per heavy atom. The van der Waals surface area contributed by atoms with E-state index in [9.17, 15) is 4.79 Å². The lowest BCUT2D eigenvalue weighted by Crippen LogP contribution is -2.24. The molecule has 0 saturated carbocycles. The molecule has 0 heterocycles. The van der Waals surface area contributed by atoms with Crippen LogP contribution in [0.5, 0.6) is 0 Å². The van der Waals surface area contributed by atoms with Crippen molar-refractivity contribution in [3.8, 4) is 0 Å². The number of carbonyl (C=O) groups excluding carboxylic acids is 1. The molecule has 0 fully saturated rings. The first kappa shape index (κ1) is 16.4. The van der Waals surface area contributed by atoms with E-state index in [1.54, 1.807) is 12.1 Å². The van der Waals surface area contributed by atoms with Crippen molar-refractivity contribution in [2.75, 3.05) is 0 Å². The van der Waals surface area contributed by atoms with E-state index < -0.39 is 0 Å². The van der Waals surface area contributed by atoms with Gasteiger partial charge in [-0.05, 0) is 37.6 Å². The van der Waals surface area contributed by atoms with Crippen LogP contribution in [0.1, 0.15) is 29.8 Å². The molecule has 21 heavy (non-hydrogen) atoms. The van der Waals surface area contributed by atoms with E-state index in [0.717, 1.165) is 11.3 Å². The van der Waals surface area contributed by atoms with E-state index in [-0.39, 0.29) is 5.91 Å². The second kappa shape index (κ2) is 8.54. The number of hydrogen-bond acceptors (Lipinski definition) is 1. The van der Waals surface area contributed by atoms with Crippen molar-refractivity contribution in [3.63, 3.8) is 0 Å². The number of benzene rings is 1. The van der Waals surface area contributed by atoms with Crippen molar-refractivity contribution in [1.29, 1.82) is 0 Å². The van der Waals surface area contributed by atoms with Gasteiger partial charge in [0.2, 0.25) is 0 Å². The Labute approximate surface area is 127 Å². The first-order valence-electron chi connectivity index (χ1n) is 6.82. The lowest BCUT2D eigenvalue weighted by Gasteiger charge is -2.20. The molecule has 0 unspecified atom stereocenters. The minimum Gasteiger partial charge on any atom is -0.284 e. The molecule has 0 radical (unpaired) electrons. The molecule has 0 aromatic heterocycles. The predicted molar refractivity (Wildman–Crippen MR) is 90.6 cm³/mol. The maximum absolute atomic E-state index is 12.7. The number of nitrogens with zero attached hydrogens (tertiary/aromatic N) is 1. The van der Waals surface area contributed by atoms with E-state index in [1.807, 2.05) is 62.4 Å². The Morgan fingerprint density at radius 2 is 1.86 bits per heavy atom. The highest BCUT2D eigenvalue weighted by Crippen LogP contribution is 2.17. The van der Waals surface area contributed by atoms with Crippen LogP contribution in [0, 0.1) is 0 Å². The van der Waals surface area contributed by atoms with Crippen molar-refractivity contribution in [2.45, 2.75) is 13.8 Å². The summed E-state index contributed by atoms with van der Waals surface area (Å²) < 4.78 is 0. The Kier molecular flexibility index (Phi) is 6.69. The fraction of sp³-hybridized carbons (Fsp3) is 0.105. The molecule has 1 amide bonds. The standard InChI is InChI=1S/C19H21NO/c1-5-9-14-17(12-6-2)20(8-4)19(21)18-15-11-10-13-16(18)7-3/h5-15H,3-4H2,1-2H3/b9-5-,12-6-,17-14+. The Balaban J connectivity index is 3.27. The smallest absolute Gasteiger partial charge is 0.262 e. The average Bonchev–Trinajstić information content (AvgIpc) is 2.52. The second-order valence-corrected chi connectivity index (χ2v) is 4.27. The molecular formula is C19H21NO. The van der Waals surface area contributed by atoms with Gasteiger partial charge < -0.3 is 0 Å². The predicted octanol–water partition coefficient (Wildman–Crippen LogP) is 4.95. The maximum atomic E-state index is 12.7. The van der Waals surface area contributed by atoms with Gasteiger partial charge in [0.05, 0.1) is 0 Å². The van der Waals surface area contributed by atoms with E-state index >= 15 is 0 Å². The Morgan fingerprint density at radius 1 is 1.14 bits per heavy atom. The van der Waals surface area contributed by atoms with Gasteiger partial charge in [0.1, 0.15) is 0 Å². The molecule has 1 aromatic rings. The van der Waals surface area contributed by atoms with Crippen LogP contribution >= 0.6 is 0 Å². The van der Waals surface area contributed by atoms with E-state index in [1.165, 1.54) is 11.1 Å². The Bertz CT molecular complexity index is 606. The van der Waals surface area contributed by atoms with Crippen molar-refractivity contribution in [1.82, 2.24) is 4.90 Å². The van der Waals surface area contributed by atoms with Gasteiger partial charge in [-0.15, -0.1) is 0 Å². The van der Waals surface area contributed by atoms with Crippen molar-refractivity contribution in [3.05, 3.63) is 90.8 Å². The Hall–Kier alpha value is -2.61. The lowest BCUT2D eigenvalue weighted by atomic mass is 10.1. The monoisotopic (exact) mass is 279 g/mol. The van der Waals surface area contributed by atoms with Gasteiger partial charge in [0.15, 0.2) is 0 Å². The van der Waals surface area contributed by atoms with Crippen LogP contribution in [0.4, 0.5) is 0 Å². The largest absolute Gasteiger partial charge is 0.284 e. The van der Waals surface area contributed by atoms with Gasteiger partial charge in [0.25, 0.3) is 5.91 Å². The molecule has 0 aliphatic carbocycles. The van der Waals surface area contributed by atoms with Gasteiger partial charge >= 0.3 is 0 Å². The van der Waals surface area contributed by atoms with Gasteiger partial charge in [-0.25, -0.2) is 0 Å². The van der Waals surface area contributed by atoms with Crippen LogP contribution in [0.25, 0.3) is 6.08 Å². The summed E-state index contributed by atoms with van der Waals surface area (Å²) in [6.07, 6.45) is 12.6. The number of amides is 1. The van der Waals surface area contributed by atoms with Crippen LogP contribution in [0.15, 0.2) is 79.7 Å². The molecule has 0 bridgehead atoms. The molecule has 0 spiro atoms. The number of carbonyl (C=O) groups is 1. The number of hydrogen-bond donors (Lipinski definition) is 0. The summed E-state index contributed by atoms with van der Waals surface area (Å²) in [5, 5.41) is 0. The molecule has 0 N–H and O–H groups in total. The first-order chi connectivity index (χ1) is 10.2. The highest BCUT2D eigenvalue weighted by Gasteiger charge is 2.17. The SMILES string of the molecule is C=Cc1ccccc1C(=O)N(C=C)C(/C=C\C)=C/C=C\C. The minimum atomic E-state index is -0.130. The van der Waals surface area contributed by atoms with Crippen LogP contribution in [0.2, 0.25) is 0 Å². The number of rotatable bonds is 6. The molecule has 0 saturated heterocycles. The van der Waals surface area contributed by atoms with Crippen LogP contribution in [0.3, 0.4) is 0 Å². The molecule has 0 aliphatic rings. The van der Waals surface area contributed by atoms with Crippen molar-refractivity contribution < 1.29 is 4.79 Å². The summed E-state index contributed by atoms with van der Waals surface area (Å²) in [6, 6.07) is 7.38. The highest BCUT2D eigenvalue weighted by atomic mass is 16.2. The molecule has 1 aromatic carbocycles. The molecule has 2 nitrogen and oxygen atoms in total. The molecule has 2 heteroatoms. The maximum Gasteiger partial charge on any atom is 0.262 e. The fourth-order valence-corrected chi connectivity index (χ4v) is 1.89. The second-order valence-electron chi connectivity index (χ2n) is 4.27. The molecular weight excluding hydrogens is 258 g/mol. The minimum absolute atomic E-state index is 0.130. The van der Waals surface area contributed by atoms with Gasteiger partial charge in [-0.3, -0.25) is 9.69 Å². The zero-order valence-electron chi connectivity index (χ0n) is 12.6. The summed E-state index contributed by atoms with van der Waals surface area (Å²) in [5.74, 6) is -0.130. The van der Waals surface area contributed by atoms with E-state index in [2.05, 4.69) is 13.2 Å². The van der Waals surface area contributed by atoms with E-state index in [0.29, 0.717) is 5.56 Å². The third-order valence-electron chi connectivity index (χ3n) is 2.89. The van der Waals surface area contributed by atoms with Gasteiger partial charge in [0, 0.05) is 17.5 Å². The summed E-state index contributed by atoms with van der Waals surface area (Å²) in [5.41, 5.74) is 2.16. The third kappa shape index (κ3) is 4.18. The summed E-state index contributed by atoms with van der Waals surface area (Å²) in [7, 11) is 0. The van der Waals surface area contributed by atoms with Crippen molar-refractivity contribution >= 4 is 12.0 Å². The molecule has 0 atom stereocenters. The lowest BCUT2D eigenvalue weighted by molar-refractivity contribution is 0.0861. The quantitative estimate of drug-likeness (QED) is 0.674. The zero-order valence-corrected chi connectivity index (χ0v) is 12.6. The number of allylic oxidation sites excluding steroid dienone is 5. The normalized spacial score (nSPS) is 11.8. The summed E-state index contributed by atoms with van der Waals surface area (Å²) in [4.78, 5) is 14.3. The van der Waals surface area contributed by atoms with Gasteiger partial charge in [-0.2, -0.15) is 0 Å². The third-order valence-corrected chi connectivity index (χ3v) is 2.89. The van der Waals surface area contributed by atoms with Crippen LogP contribution in [-0.2, 0) is 0 Å². The molecule has 1 rings (SSSR count). The van der Waals surface area contributed by atoms with Crippen LogP contribution < -0.4 is 0 Å². The van der Waals surface area contributed by atoms with Crippen molar-refractivity contribution in [2.24, 2.45) is 0 Å². The molecule has 0 aliphatic heterocycles. The summed E-state index contributed by atoms with van der Waals surface area (Å²) >= 11 is 0. The van der Waals surface area contributed by atoms with Crippen LogP contribution in [-0.4, -0.2) is 10.8 Å². The average molecular weight is 279 g/mol. The molecule has 108 valence electrons. The zero-order chi connectivity index (χ0) is 15.7. The van der Waals surface area contributed by atoms with Gasteiger partial charge in [-0.1, -0.05) is 55.7 Å². The first-order valence-corrected chi connectivity index (χ1v) is 6.82. The summed E-state index contributed by atoms with van der Waals surface area (Å²) in [6.45, 7) is 11.3. The fourth-order valence-electron chi connectivity index (χ4n) is 1.89. The van der Waals surface area contributed by atoms with E-state index in [4.69, 9.17) is 0 Å².